The van der Waals surface area contributed by atoms with Crippen molar-refractivity contribution in [3.05, 3.63) is 59.8 Å². The number of hydrogen-bond acceptors (Lipinski definition) is 6. The van der Waals surface area contributed by atoms with Crippen molar-refractivity contribution in [3.63, 3.8) is 0 Å². The first-order valence-corrected chi connectivity index (χ1v) is 11.9. The Bertz CT molecular complexity index is 1530. The number of H-pyrrole nitrogens is 1. The summed E-state index contributed by atoms with van der Waals surface area (Å²) in [5.74, 6) is 1.91. The van der Waals surface area contributed by atoms with Crippen LogP contribution in [0.4, 0.5) is 4.39 Å². The zero-order valence-electron chi connectivity index (χ0n) is 19.0. The van der Waals surface area contributed by atoms with Crippen molar-refractivity contribution in [2.45, 2.75) is 26.1 Å². The molecule has 1 saturated heterocycles. The highest BCUT2D eigenvalue weighted by Gasteiger charge is 2.25. The average Bonchev–Trinajstić information content (AvgIpc) is 3.47. The predicted molar refractivity (Wildman–Crippen MR) is 133 cm³/mol. The SMILES string of the molecule is Cc1nc2ccc(Oc3ccc4ncc(-c5cnn(CC6CCNCC6F)c5)nc4c3Cl)cc2[nH]1. The number of nitrogens with one attached hydrogen (secondary N) is 2. The number of nitrogens with zero attached hydrogens (tertiary/aromatic N) is 5. The molecule has 8 nitrogen and oxygen atoms in total. The van der Waals surface area contributed by atoms with Gasteiger partial charge in [-0.2, -0.15) is 5.10 Å². The van der Waals surface area contributed by atoms with E-state index in [1.165, 1.54) is 0 Å². The Hall–Kier alpha value is -3.56. The summed E-state index contributed by atoms with van der Waals surface area (Å²) >= 11 is 6.71. The topological polar surface area (TPSA) is 93.5 Å². The average molecular weight is 492 g/mol. The van der Waals surface area contributed by atoms with E-state index in [4.69, 9.17) is 21.3 Å². The number of rotatable bonds is 5. The second kappa shape index (κ2) is 8.90. The Morgan fingerprint density at radius 2 is 2.06 bits per heavy atom. The van der Waals surface area contributed by atoms with Gasteiger partial charge in [0.2, 0.25) is 0 Å². The quantitative estimate of drug-likeness (QED) is 0.356. The number of piperidine rings is 1. The largest absolute Gasteiger partial charge is 0.456 e. The van der Waals surface area contributed by atoms with Crippen LogP contribution >= 0.6 is 11.6 Å². The normalized spacial score (nSPS) is 18.4. The van der Waals surface area contributed by atoms with Crippen molar-refractivity contribution in [1.82, 2.24) is 35.0 Å². The predicted octanol–water partition coefficient (Wildman–Crippen LogP) is 5.07. The zero-order chi connectivity index (χ0) is 23.9. The Labute approximate surface area is 205 Å². The number of alkyl halides is 1. The third kappa shape index (κ3) is 4.33. The number of hydrogen-bond donors (Lipinski definition) is 2. The molecular formula is C25H23ClFN7O. The van der Waals surface area contributed by atoms with Gasteiger partial charge in [-0.05, 0) is 44.2 Å². The summed E-state index contributed by atoms with van der Waals surface area (Å²) in [5, 5.41) is 7.88. The number of benzene rings is 2. The lowest BCUT2D eigenvalue weighted by Gasteiger charge is -2.26. The highest BCUT2D eigenvalue weighted by molar-refractivity contribution is 6.36. The summed E-state index contributed by atoms with van der Waals surface area (Å²) in [6.07, 6.45) is 5.21. The van der Waals surface area contributed by atoms with Gasteiger partial charge in [-0.3, -0.25) is 9.67 Å². The molecule has 1 aliphatic rings. The van der Waals surface area contributed by atoms with E-state index in [9.17, 15) is 4.39 Å². The molecule has 2 unspecified atom stereocenters. The summed E-state index contributed by atoms with van der Waals surface area (Å²) in [7, 11) is 0. The Morgan fingerprint density at radius 1 is 1.17 bits per heavy atom. The molecule has 3 aromatic heterocycles. The van der Waals surface area contributed by atoms with E-state index in [-0.39, 0.29) is 5.92 Å². The number of aryl methyl sites for hydroxylation is 1. The number of ether oxygens (including phenoxy) is 1. The maximum atomic E-state index is 14.2. The van der Waals surface area contributed by atoms with E-state index in [2.05, 4.69) is 25.4 Å². The van der Waals surface area contributed by atoms with Gasteiger partial charge >= 0.3 is 0 Å². The molecule has 0 spiro atoms. The first-order valence-electron chi connectivity index (χ1n) is 11.5. The van der Waals surface area contributed by atoms with Crippen LogP contribution < -0.4 is 10.1 Å². The molecule has 35 heavy (non-hydrogen) atoms. The summed E-state index contributed by atoms with van der Waals surface area (Å²) in [4.78, 5) is 16.9. The van der Waals surface area contributed by atoms with E-state index < -0.39 is 6.17 Å². The van der Waals surface area contributed by atoms with Crippen molar-refractivity contribution in [3.8, 4) is 22.8 Å². The van der Waals surface area contributed by atoms with Crippen LogP contribution in [0, 0.1) is 12.8 Å². The van der Waals surface area contributed by atoms with Crippen LogP contribution in [0.3, 0.4) is 0 Å². The minimum atomic E-state index is -0.868. The summed E-state index contributed by atoms with van der Waals surface area (Å²) < 4.78 is 22.0. The fraction of sp³-hybridized carbons (Fsp3) is 0.280. The molecule has 0 radical (unpaired) electrons. The van der Waals surface area contributed by atoms with Crippen LogP contribution in [0.5, 0.6) is 11.5 Å². The van der Waals surface area contributed by atoms with Crippen LogP contribution in [0.2, 0.25) is 5.02 Å². The van der Waals surface area contributed by atoms with Gasteiger partial charge in [-0.15, -0.1) is 0 Å². The van der Waals surface area contributed by atoms with Crippen molar-refractivity contribution in [2.24, 2.45) is 5.92 Å². The van der Waals surface area contributed by atoms with Crippen LogP contribution in [-0.2, 0) is 6.54 Å². The number of fused-ring (bicyclic) bond motifs is 2. The molecule has 1 fully saturated rings. The molecule has 4 heterocycles. The van der Waals surface area contributed by atoms with Crippen molar-refractivity contribution in [2.75, 3.05) is 13.1 Å². The summed E-state index contributed by atoms with van der Waals surface area (Å²) in [6, 6.07) is 9.24. The minimum absolute atomic E-state index is 0.0502. The lowest BCUT2D eigenvalue weighted by Crippen LogP contribution is -2.39. The Balaban J connectivity index is 1.27. The number of aromatic amines is 1. The zero-order valence-corrected chi connectivity index (χ0v) is 19.8. The van der Waals surface area contributed by atoms with Crippen LogP contribution in [-0.4, -0.2) is 49.0 Å². The van der Waals surface area contributed by atoms with Gasteiger partial charge in [0.1, 0.15) is 34.0 Å². The van der Waals surface area contributed by atoms with Crippen LogP contribution in [0.25, 0.3) is 33.3 Å². The second-order valence-corrected chi connectivity index (χ2v) is 9.20. The first-order chi connectivity index (χ1) is 17.0. The van der Waals surface area contributed by atoms with Crippen LogP contribution in [0.1, 0.15) is 12.2 Å². The van der Waals surface area contributed by atoms with E-state index in [1.807, 2.05) is 37.4 Å². The van der Waals surface area contributed by atoms with Gasteiger partial charge < -0.3 is 15.0 Å². The van der Waals surface area contributed by atoms with Gasteiger partial charge in [0.05, 0.1) is 34.6 Å². The van der Waals surface area contributed by atoms with E-state index in [0.717, 1.165) is 35.4 Å². The molecular weight excluding hydrogens is 469 g/mol. The lowest BCUT2D eigenvalue weighted by atomic mass is 9.96. The highest BCUT2D eigenvalue weighted by atomic mass is 35.5. The lowest BCUT2D eigenvalue weighted by molar-refractivity contribution is 0.159. The maximum Gasteiger partial charge on any atom is 0.148 e. The molecule has 5 aromatic rings. The third-order valence-electron chi connectivity index (χ3n) is 6.31. The van der Waals surface area contributed by atoms with E-state index in [0.29, 0.717) is 46.3 Å². The fourth-order valence-corrected chi connectivity index (χ4v) is 4.71. The molecule has 0 aliphatic carbocycles. The number of imidazole rings is 1. The molecule has 0 amide bonds. The molecule has 2 atom stereocenters. The monoisotopic (exact) mass is 491 g/mol. The molecule has 178 valence electrons. The van der Waals surface area contributed by atoms with Gasteiger partial charge in [0.25, 0.3) is 0 Å². The standard InChI is InChI=1S/C25H23ClFN7O/c1-14-31-19-3-2-17(8-21(19)32-14)35-23-5-4-20-25(24(23)26)33-22(11-29-20)16-9-30-34(13-16)12-15-6-7-28-10-18(15)27/h2-5,8-9,11,13,15,18,28H,6-7,10,12H2,1H3,(H,31,32). The van der Waals surface area contributed by atoms with Gasteiger partial charge in [-0.1, -0.05) is 11.6 Å². The summed E-state index contributed by atoms with van der Waals surface area (Å²) in [5.41, 5.74) is 4.39. The van der Waals surface area contributed by atoms with E-state index >= 15 is 0 Å². The Morgan fingerprint density at radius 3 is 2.94 bits per heavy atom. The van der Waals surface area contributed by atoms with Crippen LogP contribution in [0.15, 0.2) is 48.9 Å². The summed E-state index contributed by atoms with van der Waals surface area (Å²) in [6.45, 7) is 3.66. The minimum Gasteiger partial charge on any atom is -0.456 e. The molecule has 2 aromatic carbocycles. The second-order valence-electron chi connectivity index (χ2n) is 8.82. The van der Waals surface area contributed by atoms with Crippen molar-refractivity contribution in [1.29, 1.82) is 0 Å². The number of halogens is 2. The van der Waals surface area contributed by atoms with Gasteiger partial charge in [0.15, 0.2) is 0 Å². The molecule has 0 bridgehead atoms. The van der Waals surface area contributed by atoms with Gasteiger partial charge in [0, 0.05) is 36.8 Å². The first kappa shape index (κ1) is 21.9. The third-order valence-corrected chi connectivity index (χ3v) is 6.68. The molecule has 1 aliphatic heterocycles. The smallest absolute Gasteiger partial charge is 0.148 e. The Kier molecular flexibility index (Phi) is 5.58. The molecule has 2 N–H and O–H groups in total. The fourth-order valence-electron chi connectivity index (χ4n) is 4.47. The van der Waals surface area contributed by atoms with E-state index in [1.54, 1.807) is 23.1 Å². The highest BCUT2D eigenvalue weighted by Crippen LogP contribution is 2.35. The molecule has 6 rings (SSSR count). The van der Waals surface area contributed by atoms with Crippen molar-refractivity contribution >= 4 is 33.7 Å². The number of aromatic nitrogens is 6. The maximum absolute atomic E-state index is 14.2. The molecule has 10 heteroatoms. The van der Waals surface area contributed by atoms with Gasteiger partial charge in [-0.25, -0.2) is 14.4 Å². The van der Waals surface area contributed by atoms with Crippen molar-refractivity contribution < 1.29 is 9.13 Å². The molecule has 0 saturated carbocycles.